The van der Waals surface area contributed by atoms with E-state index in [0.29, 0.717) is 18.7 Å². The summed E-state index contributed by atoms with van der Waals surface area (Å²) in [6.07, 6.45) is 4.41. The molecule has 2 aromatic heterocycles. The summed E-state index contributed by atoms with van der Waals surface area (Å²) in [5.41, 5.74) is 4.00. The van der Waals surface area contributed by atoms with Gasteiger partial charge in [0.05, 0.1) is 6.54 Å². The number of benzene rings is 2. The fraction of sp³-hybridized carbons (Fsp3) is 0.286. The van der Waals surface area contributed by atoms with Crippen LogP contribution in [0.2, 0.25) is 0 Å². The third kappa shape index (κ3) is 6.80. The minimum Gasteiger partial charge on any atom is -0.481 e. The Kier molecular flexibility index (Phi) is 8.51. The predicted octanol–water partition coefficient (Wildman–Crippen LogP) is 5.86. The number of fused-ring (bicyclic) bond motifs is 1. The van der Waals surface area contributed by atoms with E-state index < -0.39 is 5.97 Å². The first-order valence-corrected chi connectivity index (χ1v) is 12.9. The minimum atomic E-state index is -0.833. The topological polar surface area (TPSA) is 76.6 Å². The Balaban J connectivity index is 0.000000709. The summed E-state index contributed by atoms with van der Waals surface area (Å²) in [4.78, 5) is 30.9. The Bertz CT molecular complexity index is 1310. The Morgan fingerprint density at radius 3 is 2.50 bits per heavy atom. The minimum absolute atomic E-state index is 0.0483. The summed E-state index contributed by atoms with van der Waals surface area (Å²) in [5, 5.41) is 10.8. The van der Waals surface area contributed by atoms with Gasteiger partial charge in [0.1, 0.15) is 5.82 Å². The van der Waals surface area contributed by atoms with Gasteiger partial charge in [0.2, 0.25) is 0 Å². The summed E-state index contributed by atoms with van der Waals surface area (Å²) in [6, 6.07) is 16.5. The smallest absolute Gasteiger partial charge is 0.300 e. The van der Waals surface area contributed by atoms with E-state index in [9.17, 15) is 9.18 Å². The Hall–Kier alpha value is -3.49. The number of carboxylic acids is 1. The van der Waals surface area contributed by atoms with E-state index in [2.05, 4.69) is 45.6 Å². The van der Waals surface area contributed by atoms with Crippen molar-refractivity contribution in [3.63, 3.8) is 0 Å². The summed E-state index contributed by atoms with van der Waals surface area (Å²) in [7, 11) is 0. The lowest BCUT2D eigenvalue weighted by atomic mass is 10.1. The molecule has 1 saturated heterocycles. The van der Waals surface area contributed by atoms with Crippen LogP contribution in [0, 0.1) is 5.82 Å². The molecule has 36 heavy (non-hydrogen) atoms. The number of halogens is 1. The molecule has 8 heteroatoms. The summed E-state index contributed by atoms with van der Waals surface area (Å²) in [5.74, 6) is -1.21. The van der Waals surface area contributed by atoms with Crippen molar-refractivity contribution in [1.82, 2.24) is 14.8 Å². The van der Waals surface area contributed by atoms with Crippen LogP contribution >= 0.6 is 11.3 Å². The molecule has 1 aliphatic heterocycles. The van der Waals surface area contributed by atoms with Crippen molar-refractivity contribution in [1.29, 1.82) is 0 Å². The summed E-state index contributed by atoms with van der Waals surface area (Å²) >= 11 is 1.68. The van der Waals surface area contributed by atoms with Crippen LogP contribution in [-0.4, -0.2) is 57.9 Å². The van der Waals surface area contributed by atoms with Gasteiger partial charge in [0.25, 0.3) is 11.9 Å². The van der Waals surface area contributed by atoms with E-state index in [4.69, 9.17) is 9.90 Å². The molecule has 0 bridgehead atoms. The molecule has 2 N–H and O–H groups in total. The maximum atomic E-state index is 13.4. The average Bonchev–Trinajstić information content (AvgIpc) is 3.63. The second-order valence-electron chi connectivity index (χ2n) is 8.88. The van der Waals surface area contributed by atoms with Crippen LogP contribution in [0.4, 0.5) is 4.39 Å². The van der Waals surface area contributed by atoms with Gasteiger partial charge in [0, 0.05) is 42.2 Å². The van der Waals surface area contributed by atoms with Crippen LogP contribution in [-0.2, 0) is 11.3 Å². The molecule has 2 aromatic carbocycles. The lowest BCUT2D eigenvalue weighted by Crippen LogP contribution is -2.37. The quantitative estimate of drug-likeness (QED) is 0.328. The zero-order valence-electron chi connectivity index (χ0n) is 20.2. The molecule has 1 aliphatic rings. The van der Waals surface area contributed by atoms with Crippen molar-refractivity contribution in [2.45, 2.75) is 26.3 Å². The number of hydrogen-bond acceptors (Lipinski definition) is 4. The lowest BCUT2D eigenvalue weighted by Gasteiger charge is -2.25. The maximum absolute atomic E-state index is 13.4. The molecule has 3 heterocycles. The van der Waals surface area contributed by atoms with Gasteiger partial charge in [0.15, 0.2) is 0 Å². The predicted molar refractivity (Wildman–Crippen MR) is 142 cm³/mol. The average molecular weight is 508 g/mol. The maximum Gasteiger partial charge on any atom is 0.300 e. The standard InChI is InChI=1S/C26H26FN3OS.C2H4O2/c27-23-6-3-19(4-7-23)26(31)30(14-13-29-11-1-2-12-29)17-24-16-22(18-32-24)20-5-8-25-21(15-20)9-10-28-25;1-2(3)4/h3-10,15-16,18,28H,1-2,11-14,17H2;1H3,(H,3,4). The second kappa shape index (κ2) is 12.0. The number of aliphatic carboxylic acids is 1. The second-order valence-corrected chi connectivity index (χ2v) is 9.88. The zero-order chi connectivity index (χ0) is 25.5. The number of carbonyl (C=O) groups excluding carboxylic acids is 1. The van der Waals surface area contributed by atoms with Crippen LogP contribution in [0.15, 0.2) is 66.2 Å². The number of nitrogens with zero attached hydrogens (tertiary/aromatic N) is 2. The van der Waals surface area contributed by atoms with Crippen molar-refractivity contribution in [3.8, 4) is 11.1 Å². The number of H-pyrrole nitrogens is 1. The van der Waals surface area contributed by atoms with Crippen LogP contribution in [0.3, 0.4) is 0 Å². The molecule has 0 saturated carbocycles. The summed E-state index contributed by atoms with van der Waals surface area (Å²) in [6.45, 7) is 5.38. The van der Waals surface area contributed by atoms with Crippen LogP contribution < -0.4 is 0 Å². The van der Waals surface area contributed by atoms with Crippen molar-refractivity contribution in [2.75, 3.05) is 26.2 Å². The lowest BCUT2D eigenvalue weighted by molar-refractivity contribution is -0.134. The number of likely N-dealkylation sites (tertiary alicyclic amines) is 1. The molecule has 188 valence electrons. The Morgan fingerprint density at radius 2 is 1.78 bits per heavy atom. The molecule has 0 aliphatic carbocycles. The normalized spacial score (nSPS) is 13.4. The van der Waals surface area contributed by atoms with Gasteiger partial charge in [-0.1, -0.05) is 6.07 Å². The monoisotopic (exact) mass is 507 g/mol. The zero-order valence-corrected chi connectivity index (χ0v) is 21.1. The number of aromatic amines is 1. The fourth-order valence-corrected chi connectivity index (χ4v) is 5.24. The van der Waals surface area contributed by atoms with E-state index >= 15 is 0 Å². The van der Waals surface area contributed by atoms with E-state index in [1.807, 2.05) is 11.1 Å². The van der Waals surface area contributed by atoms with Gasteiger partial charge in [-0.2, -0.15) is 0 Å². The number of nitrogens with one attached hydrogen (secondary N) is 1. The highest BCUT2D eigenvalue weighted by Gasteiger charge is 2.20. The third-order valence-corrected chi connectivity index (χ3v) is 7.07. The molecule has 0 radical (unpaired) electrons. The third-order valence-electron chi connectivity index (χ3n) is 6.15. The van der Waals surface area contributed by atoms with Gasteiger partial charge in [-0.25, -0.2) is 4.39 Å². The number of aromatic nitrogens is 1. The highest BCUT2D eigenvalue weighted by molar-refractivity contribution is 7.10. The number of thiophene rings is 1. The molecule has 0 atom stereocenters. The number of amides is 1. The van der Waals surface area contributed by atoms with Crippen LogP contribution in [0.5, 0.6) is 0 Å². The van der Waals surface area contributed by atoms with Crippen molar-refractivity contribution >= 4 is 34.1 Å². The highest BCUT2D eigenvalue weighted by Crippen LogP contribution is 2.29. The largest absolute Gasteiger partial charge is 0.481 e. The molecule has 0 unspecified atom stereocenters. The van der Waals surface area contributed by atoms with Crippen molar-refractivity contribution in [2.24, 2.45) is 0 Å². The number of rotatable bonds is 7. The first-order valence-electron chi connectivity index (χ1n) is 12.0. The number of carbonyl (C=O) groups is 2. The Morgan fingerprint density at radius 1 is 1.06 bits per heavy atom. The number of carboxylic acid groups (broad SMARTS) is 1. The van der Waals surface area contributed by atoms with Crippen LogP contribution in [0.25, 0.3) is 22.0 Å². The van der Waals surface area contributed by atoms with Gasteiger partial charge in [-0.05, 0) is 96.4 Å². The first kappa shape index (κ1) is 25.6. The Labute approximate surface area is 214 Å². The molecular formula is C28H30FN3O3S. The molecule has 1 amide bonds. The van der Waals surface area contributed by atoms with Crippen molar-refractivity contribution < 1.29 is 19.1 Å². The fourth-order valence-electron chi connectivity index (χ4n) is 4.33. The van der Waals surface area contributed by atoms with Crippen LogP contribution in [0.1, 0.15) is 35.0 Å². The first-order chi connectivity index (χ1) is 17.4. The molecule has 0 spiro atoms. The molecule has 1 fully saturated rings. The summed E-state index contributed by atoms with van der Waals surface area (Å²) < 4.78 is 13.4. The number of hydrogen-bond donors (Lipinski definition) is 2. The van der Waals surface area contributed by atoms with E-state index in [1.54, 1.807) is 23.5 Å². The van der Waals surface area contributed by atoms with Gasteiger partial charge in [-0.15, -0.1) is 11.3 Å². The van der Waals surface area contributed by atoms with Gasteiger partial charge in [-0.3, -0.25) is 9.59 Å². The SMILES string of the molecule is CC(=O)O.O=C(c1ccc(F)cc1)N(CCN1CCCC1)Cc1cc(-c2ccc3[nH]ccc3c2)cs1. The van der Waals surface area contributed by atoms with Crippen molar-refractivity contribution in [3.05, 3.63) is 82.4 Å². The van der Waals surface area contributed by atoms with E-state index in [-0.39, 0.29) is 11.7 Å². The highest BCUT2D eigenvalue weighted by atomic mass is 32.1. The van der Waals surface area contributed by atoms with E-state index in [0.717, 1.165) is 37.0 Å². The van der Waals surface area contributed by atoms with Gasteiger partial charge >= 0.3 is 0 Å². The molecule has 5 rings (SSSR count). The molecule has 4 aromatic rings. The molecule has 6 nitrogen and oxygen atoms in total. The van der Waals surface area contributed by atoms with Gasteiger partial charge < -0.3 is 19.9 Å². The van der Waals surface area contributed by atoms with E-state index in [1.165, 1.54) is 41.5 Å². The molecular weight excluding hydrogens is 477 g/mol.